The van der Waals surface area contributed by atoms with E-state index < -0.39 is 0 Å². The van der Waals surface area contributed by atoms with Gasteiger partial charge in [0.05, 0.1) is 12.6 Å². The summed E-state index contributed by atoms with van der Waals surface area (Å²) in [7, 11) is 0. The summed E-state index contributed by atoms with van der Waals surface area (Å²) in [6.07, 6.45) is 5.56. The summed E-state index contributed by atoms with van der Waals surface area (Å²) in [6.45, 7) is 25.0. The second-order valence-corrected chi connectivity index (χ2v) is 10.2. The van der Waals surface area contributed by atoms with Crippen LogP contribution < -0.4 is 10.6 Å². The molecular formula is C33H44N4O. The van der Waals surface area contributed by atoms with Crippen molar-refractivity contribution in [2.75, 3.05) is 19.6 Å². The maximum absolute atomic E-state index is 12.5. The molecule has 5 nitrogen and oxygen atoms in total. The van der Waals surface area contributed by atoms with Gasteiger partial charge in [0, 0.05) is 55.3 Å². The van der Waals surface area contributed by atoms with Crippen LogP contribution >= 0.6 is 0 Å². The lowest BCUT2D eigenvalue weighted by Gasteiger charge is -2.45. The predicted molar refractivity (Wildman–Crippen MR) is 159 cm³/mol. The van der Waals surface area contributed by atoms with Crippen LogP contribution in [-0.2, 0) is 13.1 Å². The monoisotopic (exact) mass is 512 g/mol. The summed E-state index contributed by atoms with van der Waals surface area (Å²) in [6, 6.07) is 16.7. The number of carbonyl (C=O) groups is 1. The molecule has 1 aliphatic rings. The molecule has 1 saturated heterocycles. The first-order valence-electron chi connectivity index (χ1n) is 13.6. The number of nitrogens with one attached hydrogen (secondary N) is 2. The summed E-state index contributed by atoms with van der Waals surface area (Å²) in [5.74, 6) is -0.0130. The quantitative estimate of drug-likeness (QED) is 0.230. The lowest BCUT2D eigenvalue weighted by molar-refractivity contribution is 0.0952. The van der Waals surface area contributed by atoms with Crippen LogP contribution in [0.25, 0.3) is 0 Å². The Morgan fingerprint density at radius 3 is 2.58 bits per heavy atom. The zero-order valence-electron chi connectivity index (χ0n) is 23.3. The van der Waals surface area contributed by atoms with Gasteiger partial charge in [-0.2, -0.15) is 0 Å². The Hall–Kier alpha value is -3.73. The molecule has 1 aliphatic heterocycles. The normalized spacial score (nSPS) is 15.2. The number of carbonyl (C=O) groups excluding carboxylic acids is 1. The summed E-state index contributed by atoms with van der Waals surface area (Å²) >= 11 is 0. The first-order valence-corrected chi connectivity index (χ1v) is 13.6. The van der Waals surface area contributed by atoms with Crippen LogP contribution in [0.4, 0.5) is 0 Å². The Balaban J connectivity index is 1.58. The molecule has 0 aliphatic carbocycles. The smallest absolute Gasteiger partial charge is 0.251 e. The van der Waals surface area contributed by atoms with Crippen LogP contribution in [0.5, 0.6) is 0 Å². The van der Waals surface area contributed by atoms with Crippen LogP contribution in [0.1, 0.15) is 59.7 Å². The van der Waals surface area contributed by atoms with Crippen molar-refractivity contribution in [2.45, 2.75) is 58.7 Å². The molecule has 202 valence electrons. The first kappa shape index (κ1) is 28.8. The van der Waals surface area contributed by atoms with E-state index in [4.69, 9.17) is 0 Å². The van der Waals surface area contributed by atoms with Crippen molar-refractivity contribution in [3.8, 4) is 0 Å². The number of aryl methyl sites for hydroxylation is 1. The summed E-state index contributed by atoms with van der Waals surface area (Å²) in [4.78, 5) is 17.2. The van der Waals surface area contributed by atoms with Gasteiger partial charge in [-0.1, -0.05) is 81.1 Å². The Labute approximate surface area is 229 Å². The Morgan fingerprint density at radius 2 is 1.87 bits per heavy atom. The van der Waals surface area contributed by atoms with Crippen molar-refractivity contribution < 1.29 is 4.79 Å². The van der Waals surface area contributed by atoms with Crippen molar-refractivity contribution in [2.24, 2.45) is 0 Å². The third-order valence-corrected chi connectivity index (χ3v) is 6.98. The van der Waals surface area contributed by atoms with Gasteiger partial charge in [-0.3, -0.25) is 4.79 Å². The molecule has 1 heterocycles. The molecule has 0 saturated carbocycles. The van der Waals surface area contributed by atoms with E-state index in [1.165, 1.54) is 11.1 Å². The Morgan fingerprint density at radius 1 is 1.11 bits per heavy atom. The molecule has 2 aromatic carbocycles. The van der Waals surface area contributed by atoms with E-state index in [0.29, 0.717) is 31.6 Å². The molecule has 3 rings (SSSR count). The van der Waals surface area contributed by atoms with E-state index in [2.05, 4.69) is 90.9 Å². The van der Waals surface area contributed by atoms with Crippen LogP contribution in [0.15, 0.2) is 98.0 Å². The lowest BCUT2D eigenvalue weighted by Crippen LogP contribution is -2.50. The molecule has 38 heavy (non-hydrogen) atoms. The molecule has 1 fully saturated rings. The maximum atomic E-state index is 12.5. The number of benzene rings is 2. The number of amides is 1. The van der Waals surface area contributed by atoms with Crippen LogP contribution in [-0.4, -0.2) is 41.4 Å². The van der Waals surface area contributed by atoms with E-state index in [1.807, 2.05) is 24.3 Å². The van der Waals surface area contributed by atoms with Gasteiger partial charge in [-0.25, -0.2) is 0 Å². The van der Waals surface area contributed by atoms with E-state index in [1.54, 1.807) is 0 Å². The highest BCUT2D eigenvalue weighted by Gasteiger charge is 2.29. The van der Waals surface area contributed by atoms with Gasteiger partial charge < -0.3 is 20.4 Å². The number of nitrogens with zero attached hydrogens (tertiary/aromatic N) is 2. The highest BCUT2D eigenvalue weighted by Crippen LogP contribution is 2.27. The van der Waals surface area contributed by atoms with Gasteiger partial charge >= 0.3 is 0 Å². The lowest BCUT2D eigenvalue weighted by atomic mass is 10.0. The topological polar surface area (TPSA) is 47.6 Å². The molecule has 1 atom stereocenters. The highest BCUT2D eigenvalue weighted by atomic mass is 16.1. The van der Waals surface area contributed by atoms with Crippen LogP contribution in [0, 0.1) is 6.92 Å². The largest absolute Gasteiger partial charge is 0.384 e. The summed E-state index contributed by atoms with van der Waals surface area (Å²) in [5, 5.41) is 6.46. The third kappa shape index (κ3) is 8.41. The van der Waals surface area contributed by atoms with Gasteiger partial charge in [0.2, 0.25) is 0 Å². The van der Waals surface area contributed by atoms with Crippen LogP contribution in [0.2, 0.25) is 0 Å². The highest BCUT2D eigenvalue weighted by molar-refractivity contribution is 5.94. The van der Waals surface area contributed by atoms with E-state index in [-0.39, 0.29) is 11.9 Å². The zero-order valence-corrected chi connectivity index (χ0v) is 23.3. The average molecular weight is 513 g/mol. The molecular weight excluding hydrogens is 468 g/mol. The fraction of sp³-hybridized carbons (Fsp3) is 0.364. The standard InChI is InChI=1S/C33H44N4O/c1-7-9-18-34-33(38)31-13-10-12-30(20-31)23-36-24-32(11-8-2)37(22-28(36)6)27(5)19-26(4)35-21-29-16-14-25(3)15-17-29/h8,10,12-17,20,32,35H,2,4-7,9,11,18-19,21-24H2,1,3H3,(H,34,38). The fourth-order valence-electron chi connectivity index (χ4n) is 4.70. The third-order valence-electron chi connectivity index (χ3n) is 6.98. The molecule has 0 bridgehead atoms. The second-order valence-electron chi connectivity index (χ2n) is 10.2. The van der Waals surface area contributed by atoms with Crippen LogP contribution in [0.3, 0.4) is 0 Å². The summed E-state index contributed by atoms with van der Waals surface area (Å²) in [5.41, 5.74) is 7.33. The van der Waals surface area contributed by atoms with Gasteiger partial charge in [-0.05, 0) is 43.0 Å². The minimum atomic E-state index is -0.0130. The summed E-state index contributed by atoms with van der Waals surface area (Å²) < 4.78 is 0. The van der Waals surface area contributed by atoms with Gasteiger partial charge in [0.1, 0.15) is 0 Å². The van der Waals surface area contributed by atoms with E-state index in [9.17, 15) is 4.79 Å². The average Bonchev–Trinajstić information content (AvgIpc) is 2.90. The molecule has 1 amide bonds. The number of hydrogen-bond acceptors (Lipinski definition) is 4. The second kappa shape index (κ2) is 14.3. The van der Waals surface area contributed by atoms with Crippen molar-refractivity contribution in [1.29, 1.82) is 0 Å². The molecule has 0 aromatic heterocycles. The first-order chi connectivity index (χ1) is 18.3. The van der Waals surface area contributed by atoms with Crippen molar-refractivity contribution in [3.63, 3.8) is 0 Å². The maximum Gasteiger partial charge on any atom is 0.251 e. The van der Waals surface area contributed by atoms with Gasteiger partial charge in [-0.15, -0.1) is 6.58 Å². The number of unbranched alkanes of at least 4 members (excludes halogenated alkanes) is 1. The molecule has 0 spiro atoms. The molecule has 1 unspecified atom stereocenters. The zero-order chi connectivity index (χ0) is 27.5. The Bertz CT molecular complexity index is 1130. The molecule has 2 aromatic rings. The van der Waals surface area contributed by atoms with E-state index in [0.717, 1.165) is 55.0 Å². The number of rotatable bonds is 14. The van der Waals surface area contributed by atoms with Crippen molar-refractivity contribution >= 4 is 5.91 Å². The van der Waals surface area contributed by atoms with E-state index >= 15 is 0 Å². The molecule has 5 heteroatoms. The van der Waals surface area contributed by atoms with Gasteiger partial charge in [0.25, 0.3) is 5.91 Å². The minimum absolute atomic E-state index is 0.0130. The van der Waals surface area contributed by atoms with Crippen molar-refractivity contribution in [3.05, 3.63) is 120 Å². The van der Waals surface area contributed by atoms with Crippen molar-refractivity contribution in [1.82, 2.24) is 20.4 Å². The minimum Gasteiger partial charge on any atom is -0.384 e. The molecule has 0 radical (unpaired) electrons. The predicted octanol–water partition coefficient (Wildman–Crippen LogP) is 6.31. The number of hydrogen-bond donors (Lipinski definition) is 2. The Kier molecular flexibility index (Phi) is 10.8. The fourth-order valence-corrected chi connectivity index (χ4v) is 4.70. The SMILES string of the molecule is C=CCC1CN(Cc2cccc(C(=O)NCCCC)c2)C(=C)CN1C(=C)CC(=C)NCc1ccc(C)cc1. The van der Waals surface area contributed by atoms with Gasteiger partial charge in [0.15, 0.2) is 0 Å². The molecule has 2 N–H and O–H groups in total. The number of piperazine rings is 1.